The van der Waals surface area contributed by atoms with E-state index in [0.29, 0.717) is 6.42 Å². The second-order valence-corrected chi connectivity index (χ2v) is 7.58. The molecule has 9 heteroatoms. The molecule has 26 heavy (non-hydrogen) atoms. The van der Waals surface area contributed by atoms with Crippen LogP contribution in [0.5, 0.6) is 0 Å². The van der Waals surface area contributed by atoms with Crippen LogP contribution in [0.3, 0.4) is 0 Å². The summed E-state index contributed by atoms with van der Waals surface area (Å²) in [6.07, 6.45) is 2.65. The van der Waals surface area contributed by atoms with Gasteiger partial charge in [-0.05, 0) is 51.0 Å². The van der Waals surface area contributed by atoms with Crippen molar-refractivity contribution in [1.82, 2.24) is 15.5 Å². The Morgan fingerprint density at radius 3 is 2.65 bits per heavy atom. The number of nitrogens with zero attached hydrogens (tertiary/aromatic N) is 4. The average Bonchev–Trinajstić information content (AvgIpc) is 3.00. The maximum atomic E-state index is 13.4. The van der Waals surface area contributed by atoms with E-state index in [1.54, 1.807) is 11.8 Å². The quantitative estimate of drug-likeness (QED) is 0.324. The van der Waals surface area contributed by atoms with Gasteiger partial charge in [0, 0.05) is 17.5 Å². The van der Waals surface area contributed by atoms with Crippen LogP contribution in [0.1, 0.15) is 39.5 Å². The van der Waals surface area contributed by atoms with Crippen molar-refractivity contribution in [2.24, 2.45) is 17.0 Å². The lowest BCUT2D eigenvalue weighted by Gasteiger charge is -2.33. The van der Waals surface area contributed by atoms with Crippen LogP contribution in [0, 0.1) is 11.8 Å². The maximum Gasteiger partial charge on any atom is 0.240 e. The molecule has 0 aromatic carbocycles. The van der Waals surface area contributed by atoms with E-state index in [9.17, 15) is 14.4 Å². The van der Waals surface area contributed by atoms with Crippen molar-refractivity contribution in [2.75, 3.05) is 13.1 Å². The smallest absolute Gasteiger partial charge is 0.240 e. The number of hydrogen-bond acceptors (Lipinski definition) is 6. The van der Waals surface area contributed by atoms with E-state index in [4.69, 9.17) is 5.53 Å². The van der Waals surface area contributed by atoms with Gasteiger partial charge in [-0.15, -0.1) is 0 Å². The van der Waals surface area contributed by atoms with Crippen molar-refractivity contribution in [3.05, 3.63) is 10.4 Å². The van der Waals surface area contributed by atoms with Gasteiger partial charge in [0.1, 0.15) is 0 Å². The molecular formula is C17H26N6O3. The van der Waals surface area contributed by atoms with Crippen LogP contribution in [-0.4, -0.2) is 59.8 Å². The Hall–Kier alpha value is -1.96. The molecule has 3 rings (SSSR count). The minimum atomic E-state index is -0.718. The SMILES string of the molecule is CC1NCC(=O)C(C)C(=O)[C@@H]2CC[C@@H]3CC[C@H](CN=[N+]=[N-])[C@H](N1)C(=O)N32. The number of fused-ring (bicyclic) bond motifs is 1. The van der Waals surface area contributed by atoms with Gasteiger partial charge in [-0.1, -0.05) is 5.11 Å². The van der Waals surface area contributed by atoms with Gasteiger partial charge >= 0.3 is 0 Å². The molecule has 3 aliphatic heterocycles. The van der Waals surface area contributed by atoms with Crippen LogP contribution in [0.15, 0.2) is 5.11 Å². The van der Waals surface area contributed by atoms with E-state index in [0.717, 1.165) is 19.3 Å². The number of amides is 1. The average molecular weight is 362 g/mol. The summed E-state index contributed by atoms with van der Waals surface area (Å²) in [5.41, 5.74) is 8.68. The Kier molecular flexibility index (Phi) is 5.60. The van der Waals surface area contributed by atoms with Crippen molar-refractivity contribution in [3.8, 4) is 0 Å². The fraction of sp³-hybridized carbons (Fsp3) is 0.824. The summed E-state index contributed by atoms with van der Waals surface area (Å²) in [6.45, 7) is 3.81. The summed E-state index contributed by atoms with van der Waals surface area (Å²) in [7, 11) is 0. The van der Waals surface area contributed by atoms with Crippen LogP contribution in [0.25, 0.3) is 10.4 Å². The summed E-state index contributed by atoms with van der Waals surface area (Å²) in [5.74, 6) is -1.27. The first-order valence-corrected chi connectivity index (χ1v) is 9.33. The molecule has 2 bridgehead atoms. The predicted octanol–water partition coefficient (Wildman–Crippen LogP) is 0.748. The van der Waals surface area contributed by atoms with Crippen LogP contribution in [-0.2, 0) is 14.4 Å². The Bertz CT molecular complexity index is 646. The second kappa shape index (κ2) is 7.73. The lowest BCUT2D eigenvalue weighted by molar-refractivity contribution is -0.144. The third-order valence-corrected chi connectivity index (χ3v) is 5.99. The fourth-order valence-corrected chi connectivity index (χ4v) is 4.44. The molecule has 142 valence electrons. The first-order valence-electron chi connectivity index (χ1n) is 9.33. The van der Waals surface area contributed by atoms with Gasteiger partial charge < -0.3 is 4.90 Å². The zero-order valence-electron chi connectivity index (χ0n) is 15.2. The largest absolute Gasteiger partial charge is 0.328 e. The van der Waals surface area contributed by atoms with Gasteiger partial charge in [-0.25, -0.2) is 0 Å². The molecule has 3 heterocycles. The van der Waals surface area contributed by atoms with E-state index in [1.165, 1.54) is 0 Å². The molecule has 1 amide bonds. The molecule has 2 unspecified atom stereocenters. The molecule has 0 aliphatic carbocycles. The topological polar surface area (TPSA) is 127 Å². The number of ketones is 2. The summed E-state index contributed by atoms with van der Waals surface area (Å²) in [6, 6.07) is -1.05. The molecular weight excluding hydrogens is 336 g/mol. The summed E-state index contributed by atoms with van der Waals surface area (Å²) in [5, 5.41) is 10.0. The third-order valence-electron chi connectivity index (χ3n) is 5.99. The van der Waals surface area contributed by atoms with Crippen molar-refractivity contribution < 1.29 is 14.4 Å². The Morgan fingerprint density at radius 1 is 1.19 bits per heavy atom. The number of Topliss-reactive ketones (excluding diaryl/α,β-unsaturated/α-hetero) is 2. The monoisotopic (exact) mass is 362 g/mol. The number of carbonyl (C=O) groups excluding carboxylic acids is 3. The number of nitrogens with one attached hydrogen (secondary N) is 2. The number of carbonyl (C=O) groups is 3. The van der Waals surface area contributed by atoms with Crippen LogP contribution < -0.4 is 10.6 Å². The van der Waals surface area contributed by atoms with E-state index < -0.39 is 18.0 Å². The van der Waals surface area contributed by atoms with Crippen LogP contribution >= 0.6 is 0 Å². The van der Waals surface area contributed by atoms with Crippen LogP contribution in [0.4, 0.5) is 0 Å². The Balaban J connectivity index is 1.98. The van der Waals surface area contributed by atoms with E-state index in [-0.39, 0.29) is 48.7 Å². The van der Waals surface area contributed by atoms with E-state index in [1.807, 2.05) is 6.92 Å². The first-order chi connectivity index (χ1) is 12.4. The van der Waals surface area contributed by atoms with Crippen molar-refractivity contribution >= 4 is 17.5 Å². The minimum absolute atomic E-state index is 0.0168. The van der Waals surface area contributed by atoms with E-state index in [2.05, 4.69) is 20.7 Å². The number of rotatable bonds is 2. The highest BCUT2D eigenvalue weighted by Gasteiger charge is 2.48. The molecule has 0 spiro atoms. The highest BCUT2D eigenvalue weighted by molar-refractivity contribution is 6.06. The van der Waals surface area contributed by atoms with Gasteiger partial charge in [-0.3, -0.25) is 25.0 Å². The molecule has 9 nitrogen and oxygen atoms in total. The first kappa shape index (κ1) is 18.8. The van der Waals surface area contributed by atoms with Gasteiger partial charge in [0.15, 0.2) is 11.6 Å². The highest BCUT2D eigenvalue weighted by atomic mass is 16.2. The van der Waals surface area contributed by atoms with Gasteiger partial charge in [0.05, 0.1) is 30.7 Å². The van der Waals surface area contributed by atoms with Crippen molar-refractivity contribution in [2.45, 2.75) is 63.8 Å². The molecule has 3 saturated heterocycles. The highest BCUT2D eigenvalue weighted by Crippen LogP contribution is 2.35. The Morgan fingerprint density at radius 2 is 1.92 bits per heavy atom. The fourth-order valence-electron chi connectivity index (χ4n) is 4.44. The number of azide groups is 1. The molecule has 0 aromatic heterocycles. The van der Waals surface area contributed by atoms with Gasteiger partial charge in [0.25, 0.3) is 0 Å². The molecule has 2 N–H and O–H groups in total. The van der Waals surface area contributed by atoms with Crippen LogP contribution in [0.2, 0.25) is 0 Å². The van der Waals surface area contributed by atoms with Crippen molar-refractivity contribution in [1.29, 1.82) is 0 Å². The van der Waals surface area contributed by atoms with Gasteiger partial charge in [-0.2, -0.15) is 0 Å². The molecule has 3 aliphatic rings. The molecule has 0 radical (unpaired) electrons. The number of hydrogen-bond donors (Lipinski definition) is 2. The lowest BCUT2D eigenvalue weighted by atomic mass is 9.92. The zero-order chi connectivity index (χ0) is 18.8. The lowest BCUT2D eigenvalue weighted by Crippen LogP contribution is -2.57. The van der Waals surface area contributed by atoms with Crippen molar-refractivity contribution in [3.63, 3.8) is 0 Å². The van der Waals surface area contributed by atoms with Gasteiger partial charge in [0.2, 0.25) is 5.91 Å². The molecule has 0 aromatic rings. The second-order valence-electron chi connectivity index (χ2n) is 7.58. The molecule has 0 saturated carbocycles. The third kappa shape index (κ3) is 3.47. The molecule has 6 atom stereocenters. The summed E-state index contributed by atoms with van der Waals surface area (Å²) in [4.78, 5) is 43.2. The maximum absolute atomic E-state index is 13.4. The normalized spacial score (nSPS) is 38.4. The molecule has 3 fully saturated rings. The standard InChI is InChI=1S/C17H26N6O3/c1-9-14(24)8-19-10(2)21-15-11(7-20-22-18)3-4-12-5-6-13(16(9)25)23(12)17(15)26/h9-13,15,19,21H,3-8H2,1-2H3/t9?,10?,11-,12+,13+,15+/m1/s1. The minimum Gasteiger partial charge on any atom is -0.328 e. The summed E-state index contributed by atoms with van der Waals surface area (Å²) < 4.78 is 0. The zero-order valence-corrected chi connectivity index (χ0v) is 15.2. The Labute approximate surface area is 152 Å². The summed E-state index contributed by atoms with van der Waals surface area (Å²) >= 11 is 0. The van der Waals surface area contributed by atoms with E-state index >= 15 is 0 Å². The predicted molar refractivity (Wildman–Crippen MR) is 94.0 cm³/mol.